The maximum atomic E-state index is 12.9. The van der Waals surface area contributed by atoms with E-state index < -0.39 is 5.82 Å². The van der Waals surface area contributed by atoms with Crippen molar-refractivity contribution >= 4 is 5.91 Å². The Kier molecular flexibility index (Phi) is 3.97. The maximum Gasteiger partial charge on any atom is 0.257 e. The van der Waals surface area contributed by atoms with Gasteiger partial charge in [0, 0.05) is 32.2 Å². The predicted molar refractivity (Wildman–Crippen MR) is 66.0 cm³/mol. The fourth-order valence-electron chi connectivity index (χ4n) is 2.07. The summed E-state index contributed by atoms with van der Waals surface area (Å²) in [4.78, 5) is 15.7. The largest absolute Gasteiger partial charge is 0.507 e. The van der Waals surface area contributed by atoms with Crippen molar-refractivity contribution in [3.05, 3.63) is 29.6 Å². The number of piperazine rings is 1. The van der Waals surface area contributed by atoms with E-state index in [2.05, 4.69) is 6.07 Å². The van der Waals surface area contributed by atoms with E-state index in [1.54, 1.807) is 4.90 Å². The van der Waals surface area contributed by atoms with Crippen LogP contribution in [0.2, 0.25) is 0 Å². The van der Waals surface area contributed by atoms with Crippen LogP contribution < -0.4 is 0 Å². The maximum absolute atomic E-state index is 12.9. The zero-order chi connectivity index (χ0) is 13.8. The van der Waals surface area contributed by atoms with Crippen molar-refractivity contribution in [1.82, 2.24) is 9.80 Å². The number of rotatable bonds is 2. The molecule has 0 aromatic heterocycles. The molecule has 6 heteroatoms. The Hall–Kier alpha value is -2.13. The lowest BCUT2D eigenvalue weighted by Crippen LogP contribution is -2.48. The van der Waals surface area contributed by atoms with Crippen molar-refractivity contribution in [3.8, 4) is 11.8 Å². The van der Waals surface area contributed by atoms with E-state index in [4.69, 9.17) is 5.26 Å². The molecule has 1 aromatic carbocycles. The number of aromatic hydroxyl groups is 1. The van der Waals surface area contributed by atoms with Gasteiger partial charge >= 0.3 is 0 Å². The minimum Gasteiger partial charge on any atom is -0.507 e. The summed E-state index contributed by atoms with van der Waals surface area (Å²) in [5, 5.41) is 18.2. The molecular formula is C13H14FN3O2. The summed E-state index contributed by atoms with van der Waals surface area (Å²) in [7, 11) is 0. The van der Waals surface area contributed by atoms with Gasteiger partial charge in [0.2, 0.25) is 0 Å². The number of benzene rings is 1. The molecule has 0 saturated carbocycles. The fraction of sp³-hybridized carbons (Fsp3) is 0.385. The molecule has 0 spiro atoms. The second kappa shape index (κ2) is 5.67. The summed E-state index contributed by atoms with van der Waals surface area (Å²) in [6.45, 7) is 2.60. The summed E-state index contributed by atoms with van der Waals surface area (Å²) >= 11 is 0. The Morgan fingerprint density at radius 2 is 2.05 bits per heavy atom. The first-order valence-corrected chi connectivity index (χ1v) is 5.99. The third-order valence-corrected chi connectivity index (χ3v) is 3.14. The lowest BCUT2D eigenvalue weighted by Gasteiger charge is -2.33. The average Bonchev–Trinajstić information content (AvgIpc) is 2.39. The highest BCUT2D eigenvalue weighted by Crippen LogP contribution is 2.20. The van der Waals surface area contributed by atoms with E-state index in [1.165, 1.54) is 6.07 Å². The number of carbonyl (C=O) groups excluding carboxylic acids is 1. The van der Waals surface area contributed by atoms with Gasteiger partial charge in [0.25, 0.3) is 5.91 Å². The first-order valence-electron chi connectivity index (χ1n) is 5.99. The van der Waals surface area contributed by atoms with Crippen LogP contribution in [0.15, 0.2) is 18.2 Å². The van der Waals surface area contributed by atoms with Crippen LogP contribution in [0.4, 0.5) is 4.39 Å². The van der Waals surface area contributed by atoms with Crippen molar-refractivity contribution < 1.29 is 14.3 Å². The molecular weight excluding hydrogens is 249 g/mol. The van der Waals surface area contributed by atoms with Crippen LogP contribution in [0.5, 0.6) is 5.75 Å². The van der Waals surface area contributed by atoms with Crippen LogP contribution in [-0.4, -0.2) is 53.5 Å². The summed E-state index contributed by atoms with van der Waals surface area (Å²) in [6.07, 6.45) is 0. The number of halogens is 1. The molecule has 1 amide bonds. The third kappa shape index (κ3) is 3.01. The van der Waals surface area contributed by atoms with Gasteiger partial charge < -0.3 is 10.0 Å². The van der Waals surface area contributed by atoms with Gasteiger partial charge in [-0.05, 0) is 12.1 Å². The van der Waals surface area contributed by atoms with Crippen LogP contribution in [0, 0.1) is 17.1 Å². The van der Waals surface area contributed by atoms with Gasteiger partial charge in [0.05, 0.1) is 18.2 Å². The molecule has 0 bridgehead atoms. The van der Waals surface area contributed by atoms with Crippen molar-refractivity contribution in [2.45, 2.75) is 0 Å². The van der Waals surface area contributed by atoms with E-state index in [0.717, 1.165) is 12.1 Å². The summed E-state index contributed by atoms with van der Waals surface area (Å²) < 4.78 is 12.9. The van der Waals surface area contributed by atoms with Gasteiger partial charge in [-0.2, -0.15) is 5.26 Å². The minimum absolute atomic E-state index is 0.107. The van der Waals surface area contributed by atoms with Crippen LogP contribution >= 0.6 is 0 Å². The summed E-state index contributed by atoms with van der Waals surface area (Å²) in [5.74, 6) is -1.23. The number of phenolic OH excluding ortho intramolecular Hbond substituents is 1. The van der Waals surface area contributed by atoms with Gasteiger partial charge in [-0.1, -0.05) is 0 Å². The molecule has 1 fully saturated rings. The van der Waals surface area contributed by atoms with E-state index in [9.17, 15) is 14.3 Å². The minimum atomic E-state index is -0.576. The van der Waals surface area contributed by atoms with Crippen molar-refractivity contribution in [1.29, 1.82) is 5.26 Å². The lowest BCUT2D eigenvalue weighted by atomic mass is 10.1. The highest BCUT2D eigenvalue weighted by atomic mass is 19.1. The molecule has 0 aliphatic carbocycles. The number of hydrogen-bond acceptors (Lipinski definition) is 4. The van der Waals surface area contributed by atoms with Gasteiger partial charge in [0.15, 0.2) is 0 Å². The van der Waals surface area contributed by atoms with Crippen molar-refractivity contribution in [2.24, 2.45) is 0 Å². The van der Waals surface area contributed by atoms with Crippen LogP contribution in [0.1, 0.15) is 10.4 Å². The number of nitriles is 1. The molecule has 1 heterocycles. The second-order valence-electron chi connectivity index (χ2n) is 4.39. The highest BCUT2D eigenvalue weighted by Gasteiger charge is 2.23. The molecule has 0 radical (unpaired) electrons. The average molecular weight is 263 g/mol. The van der Waals surface area contributed by atoms with Gasteiger partial charge in [0.1, 0.15) is 11.6 Å². The molecule has 0 unspecified atom stereocenters. The number of carbonyl (C=O) groups is 1. The monoisotopic (exact) mass is 263 g/mol. The van der Waals surface area contributed by atoms with Crippen LogP contribution in [0.3, 0.4) is 0 Å². The zero-order valence-corrected chi connectivity index (χ0v) is 10.3. The van der Waals surface area contributed by atoms with E-state index in [-0.39, 0.29) is 17.2 Å². The van der Waals surface area contributed by atoms with Gasteiger partial charge in [-0.3, -0.25) is 9.69 Å². The number of phenols is 1. The molecule has 1 aromatic rings. The molecule has 1 N–H and O–H groups in total. The van der Waals surface area contributed by atoms with Crippen LogP contribution in [-0.2, 0) is 0 Å². The molecule has 0 atom stereocenters. The quantitative estimate of drug-likeness (QED) is 0.802. The number of amides is 1. The molecule has 19 heavy (non-hydrogen) atoms. The van der Waals surface area contributed by atoms with E-state index >= 15 is 0 Å². The molecule has 1 aliphatic rings. The first-order chi connectivity index (χ1) is 9.11. The zero-order valence-electron chi connectivity index (χ0n) is 10.3. The highest BCUT2D eigenvalue weighted by molar-refractivity contribution is 5.96. The SMILES string of the molecule is N#CCN1CCN(C(=O)c2ccc(F)cc2O)CC1. The topological polar surface area (TPSA) is 67.6 Å². The normalized spacial score (nSPS) is 16.1. The Morgan fingerprint density at radius 3 is 2.63 bits per heavy atom. The van der Waals surface area contributed by atoms with Crippen LogP contribution in [0.25, 0.3) is 0 Å². The Bertz CT molecular complexity index is 519. The van der Waals surface area contributed by atoms with Gasteiger partial charge in [-0.15, -0.1) is 0 Å². The standard InChI is InChI=1S/C13H14FN3O2/c14-10-1-2-11(12(18)9-10)13(19)17-7-5-16(4-3-15)6-8-17/h1-2,9,18H,4-8H2. The number of hydrogen-bond donors (Lipinski definition) is 1. The molecule has 100 valence electrons. The molecule has 1 aliphatic heterocycles. The smallest absolute Gasteiger partial charge is 0.257 e. The number of nitrogens with zero attached hydrogens (tertiary/aromatic N) is 3. The molecule has 5 nitrogen and oxygen atoms in total. The van der Waals surface area contributed by atoms with Crippen molar-refractivity contribution in [2.75, 3.05) is 32.7 Å². The Balaban J connectivity index is 2.03. The van der Waals surface area contributed by atoms with E-state index in [1.807, 2.05) is 4.90 Å². The summed E-state index contributed by atoms with van der Waals surface area (Å²) in [6, 6.07) is 5.44. The fourth-order valence-corrected chi connectivity index (χ4v) is 2.07. The van der Waals surface area contributed by atoms with Crippen molar-refractivity contribution in [3.63, 3.8) is 0 Å². The van der Waals surface area contributed by atoms with E-state index in [0.29, 0.717) is 32.7 Å². The second-order valence-corrected chi connectivity index (χ2v) is 4.39. The lowest BCUT2D eigenvalue weighted by molar-refractivity contribution is 0.0649. The molecule has 2 rings (SSSR count). The predicted octanol–water partition coefficient (Wildman–Crippen LogP) is 0.813. The van der Waals surface area contributed by atoms with Gasteiger partial charge in [-0.25, -0.2) is 4.39 Å². The first kappa shape index (κ1) is 13.3. The molecule has 1 saturated heterocycles. The third-order valence-electron chi connectivity index (χ3n) is 3.14. The summed E-state index contributed by atoms with van der Waals surface area (Å²) in [5.41, 5.74) is 0.107. The Morgan fingerprint density at radius 1 is 1.37 bits per heavy atom. The Labute approximate surface area is 110 Å².